The maximum Gasteiger partial charge on any atom is 0.271 e. The lowest BCUT2D eigenvalue weighted by molar-refractivity contribution is -0.127. The molecule has 2 aromatic heterocycles. The van der Waals surface area contributed by atoms with E-state index >= 15 is 0 Å². The highest BCUT2D eigenvalue weighted by atomic mass is 16.3. The molecule has 0 saturated heterocycles. The van der Waals surface area contributed by atoms with Crippen molar-refractivity contribution in [2.45, 2.75) is 64.5 Å². The van der Waals surface area contributed by atoms with Gasteiger partial charge in [0.25, 0.3) is 11.8 Å². The first-order chi connectivity index (χ1) is 18.1. The van der Waals surface area contributed by atoms with Gasteiger partial charge in [-0.1, -0.05) is 63.4 Å². The highest BCUT2D eigenvalue weighted by Crippen LogP contribution is 2.27. The van der Waals surface area contributed by atoms with Crippen molar-refractivity contribution in [1.82, 2.24) is 20.1 Å². The number of H-pyrrole nitrogens is 1. The molecule has 1 fully saturated rings. The molecule has 2 heterocycles. The summed E-state index contributed by atoms with van der Waals surface area (Å²) < 4.78 is 5.74. The van der Waals surface area contributed by atoms with Gasteiger partial charge in [-0.15, -0.1) is 0 Å². The predicted molar refractivity (Wildman–Crippen MR) is 146 cm³/mol. The molecule has 2 N–H and O–H groups in total. The van der Waals surface area contributed by atoms with Crippen LogP contribution in [0, 0.1) is 0 Å². The van der Waals surface area contributed by atoms with Gasteiger partial charge in [-0.05, 0) is 68.7 Å². The number of nitrogens with one attached hydrogen (secondary N) is 2. The fourth-order valence-corrected chi connectivity index (χ4v) is 5.21. The monoisotopic (exact) mass is 504 g/mol. The smallest absolute Gasteiger partial charge is 0.271 e. The molecule has 4 rings (SSSR count). The van der Waals surface area contributed by atoms with Crippen LogP contribution in [0.25, 0.3) is 11.3 Å². The van der Waals surface area contributed by atoms with E-state index in [1.165, 1.54) is 6.42 Å². The standard InChI is InChI=1S/C30H40N4O3/c1-3-33(4-2)20-12-21-34(30(36)26-19-18-25(32-26)23-13-7-5-8-14-23)28(27-17-11-22-37-27)29(35)31-24-15-9-6-10-16-24/h5,7-8,11,13-14,17-19,22,24,28,32H,3-4,6,9-10,12,15-16,20-21H2,1-2H3,(H,31,35)/t28-/m0/s1. The Hall–Kier alpha value is -3.32. The molecular formula is C30H40N4O3. The fourth-order valence-electron chi connectivity index (χ4n) is 5.21. The van der Waals surface area contributed by atoms with E-state index in [0.29, 0.717) is 18.0 Å². The van der Waals surface area contributed by atoms with Gasteiger partial charge in [0, 0.05) is 18.3 Å². The summed E-state index contributed by atoms with van der Waals surface area (Å²) in [5, 5.41) is 3.23. The highest BCUT2D eigenvalue weighted by Gasteiger charge is 2.35. The van der Waals surface area contributed by atoms with Gasteiger partial charge < -0.3 is 24.5 Å². The van der Waals surface area contributed by atoms with Crippen LogP contribution in [0.3, 0.4) is 0 Å². The minimum atomic E-state index is -0.829. The molecule has 2 amide bonds. The topological polar surface area (TPSA) is 81.6 Å². The first-order valence-corrected chi connectivity index (χ1v) is 13.7. The van der Waals surface area contributed by atoms with Crippen LogP contribution in [0.5, 0.6) is 0 Å². The zero-order valence-corrected chi connectivity index (χ0v) is 22.1. The number of hydrogen-bond acceptors (Lipinski definition) is 4. The van der Waals surface area contributed by atoms with Crippen LogP contribution >= 0.6 is 0 Å². The van der Waals surface area contributed by atoms with Crippen molar-refractivity contribution in [2.24, 2.45) is 0 Å². The second kappa shape index (κ2) is 13.3. The predicted octanol–water partition coefficient (Wildman–Crippen LogP) is 5.64. The van der Waals surface area contributed by atoms with Gasteiger partial charge in [-0.3, -0.25) is 9.59 Å². The first kappa shape index (κ1) is 26.7. The molecule has 7 heteroatoms. The normalized spacial score (nSPS) is 15.0. The number of aromatic nitrogens is 1. The van der Waals surface area contributed by atoms with Crippen LogP contribution in [0.1, 0.15) is 74.7 Å². The van der Waals surface area contributed by atoms with Gasteiger partial charge >= 0.3 is 0 Å². The minimum absolute atomic E-state index is 0.140. The maximum atomic E-state index is 14.0. The third-order valence-corrected chi connectivity index (χ3v) is 7.35. The third-order valence-electron chi connectivity index (χ3n) is 7.35. The highest BCUT2D eigenvalue weighted by molar-refractivity contribution is 5.97. The number of hydrogen-bond donors (Lipinski definition) is 2. The lowest BCUT2D eigenvalue weighted by Gasteiger charge is -2.32. The van der Waals surface area contributed by atoms with Gasteiger partial charge in [0.15, 0.2) is 6.04 Å². The van der Waals surface area contributed by atoms with Crippen LogP contribution in [0.2, 0.25) is 0 Å². The zero-order chi connectivity index (χ0) is 26.0. The molecule has 0 aliphatic heterocycles. The van der Waals surface area contributed by atoms with E-state index in [1.54, 1.807) is 29.4 Å². The Morgan fingerprint density at radius 2 is 1.73 bits per heavy atom. The molecule has 7 nitrogen and oxygen atoms in total. The molecule has 0 unspecified atom stereocenters. The molecule has 37 heavy (non-hydrogen) atoms. The maximum absolute atomic E-state index is 14.0. The lowest BCUT2D eigenvalue weighted by Crippen LogP contribution is -2.47. The van der Waals surface area contributed by atoms with Crippen molar-refractivity contribution in [2.75, 3.05) is 26.2 Å². The summed E-state index contributed by atoms with van der Waals surface area (Å²) in [6.07, 6.45) is 7.72. The Morgan fingerprint density at radius 3 is 2.41 bits per heavy atom. The molecule has 198 valence electrons. The summed E-state index contributed by atoms with van der Waals surface area (Å²) >= 11 is 0. The molecule has 0 radical (unpaired) electrons. The summed E-state index contributed by atoms with van der Waals surface area (Å²) in [5.74, 6) is 0.106. The average molecular weight is 505 g/mol. The van der Waals surface area contributed by atoms with E-state index in [0.717, 1.165) is 63.0 Å². The molecule has 0 spiro atoms. The lowest BCUT2D eigenvalue weighted by atomic mass is 9.95. The molecule has 1 aromatic carbocycles. The second-order valence-corrected chi connectivity index (χ2v) is 9.79. The van der Waals surface area contributed by atoms with E-state index in [2.05, 4.69) is 29.0 Å². The molecular weight excluding hydrogens is 464 g/mol. The Morgan fingerprint density at radius 1 is 0.973 bits per heavy atom. The van der Waals surface area contributed by atoms with Crippen molar-refractivity contribution in [3.63, 3.8) is 0 Å². The molecule has 1 atom stereocenters. The van der Waals surface area contributed by atoms with Gasteiger partial charge in [0.2, 0.25) is 0 Å². The molecule has 0 bridgehead atoms. The van der Waals surface area contributed by atoms with Crippen molar-refractivity contribution < 1.29 is 14.0 Å². The summed E-state index contributed by atoms with van der Waals surface area (Å²) in [6, 6.07) is 16.5. The SMILES string of the molecule is CCN(CC)CCCN(C(=O)c1ccc(-c2ccccc2)[nH]1)[C@H](C(=O)NC1CCCCC1)c1ccco1. The average Bonchev–Trinajstić information content (AvgIpc) is 3.64. The fraction of sp³-hybridized carbons (Fsp3) is 0.467. The minimum Gasteiger partial charge on any atom is -0.467 e. The van der Waals surface area contributed by atoms with Crippen molar-refractivity contribution in [3.8, 4) is 11.3 Å². The quantitative estimate of drug-likeness (QED) is 0.335. The van der Waals surface area contributed by atoms with E-state index in [4.69, 9.17) is 4.42 Å². The third kappa shape index (κ3) is 6.92. The van der Waals surface area contributed by atoms with Crippen molar-refractivity contribution >= 4 is 11.8 Å². The van der Waals surface area contributed by atoms with Crippen LogP contribution in [0.4, 0.5) is 0 Å². The van der Waals surface area contributed by atoms with Crippen molar-refractivity contribution in [3.05, 3.63) is 72.3 Å². The Bertz CT molecular complexity index is 1100. The van der Waals surface area contributed by atoms with Crippen LogP contribution < -0.4 is 5.32 Å². The number of rotatable bonds is 12. The number of carbonyl (C=O) groups is 2. The Balaban J connectivity index is 1.61. The number of carbonyl (C=O) groups excluding carboxylic acids is 2. The van der Waals surface area contributed by atoms with E-state index in [-0.39, 0.29) is 17.9 Å². The largest absolute Gasteiger partial charge is 0.467 e. The van der Waals surface area contributed by atoms with E-state index < -0.39 is 6.04 Å². The summed E-state index contributed by atoms with van der Waals surface area (Å²) in [7, 11) is 0. The zero-order valence-electron chi connectivity index (χ0n) is 22.1. The van der Waals surface area contributed by atoms with E-state index in [9.17, 15) is 9.59 Å². The van der Waals surface area contributed by atoms with Gasteiger partial charge in [-0.2, -0.15) is 0 Å². The van der Waals surface area contributed by atoms with Gasteiger partial charge in [0.05, 0.1) is 6.26 Å². The molecule has 1 aliphatic carbocycles. The molecule has 3 aromatic rings. The van der Waals surface area contributed by atoms with Crippen molar-refractivity contribution in [1.29, 1.82) is 0 Å². The Kier molecular flexibility index (Phi) is 9.60. The summed E-state index contributed by atoms with van der Waals surface area (Å²) in [5.41, 5.74) is 2.34. The number of benzene rings is 1. The summed E-state index contributed by atoms with van der Waals surface area (Å²) in [6.45, 7) is 7.47. The number of aromatic amines is 1. The number of amides is 2. The molecule has 1 saturated carbocycles. The number of furan rings is 1. The molecule has 1 aliphatic rings. The van der Waals surface area contributed by atoms with Gasteiger partial charge in [-0.25, -0.2) is 0 Å². The number of nitrogens with zero attached hydrogens (tertiary/aromatic N) is 2. The first-order valence-electron chi connectivity index (χ1n) is 13.7. The summed E-state index contributed by atoms with van der Waals surface area (Å²) in [4.78, 5) is 35.0. The van der Waals surface area contributed by atoms with Crippen LogP contribution in [0.15, 0.2) is 65.3 Å². The van der Waals surface area contributed by atoms with Gasteiger partial charge in [0.1, 0.15) is 11.5 Å². The van der Waals surface area contributed by atoms with Crippen LogP contribution in [-0.2, 0) is 4.79 Å². The Labute approximate surface area is 220 Å². The second-order valence-electron chi connectivity index (χ2n) is 9.79. The van der Waals surface area contributed by atoms with E-state index in [1.807, 2.05) is 36.4 Å². The van der Waals surface area contributed by atoms with Crippen LogP contribution in [-0.4, -0.2) is 58.8 Å².